The highest BCUT2D eigenvalue weighted by atomic mass is 14.7. The molecule has 0 saturated carbocycles. The normalized spacial score (nSPS) is 10.8. The number of fused-ring (bicyclic) bond motifs is 3. The fourth-order valence-corrected chi connectivity index (χ4v) is 4.55. The molecule has 162 valence electrons. The highest BCUT2D eigenvalue weighted by Gasteiger charge is 2.17. The van der Waals surface area contributed by atoms with Crippen LogP contribution >= 0.6 is 0 Å². The number of nitriles is 1. The minimum atomic E-state index is 0.540. The third-order valence-electron chi connectivity index (χ3n) is 6.13. The third kappa shape index (κ3) is 3.49. The van der Waals surface area contributed by atoms with Crippen LogP contribution in [0.3, 0.4) is 0 Å². The van der Waals surface area contributed by atoms with Crippen LogP contribution in [0.15, 0.2) is 97.3 Å². The number of nitrogens with zero attached hydrogens (tertiary/aromatic N) is 4. The van der Waals surface area contributed by atoms with Gasteiger partial charge in [-0.2, -0.15) is 5.26 Å². The van der Waals surface area contributed by atoms with Gasteiger partial charge in [0, 0.05) is 28.9 Å². The van der Waals surface area contributed by atoms with Crippen molar-refractivity contribution in [2.75, 3.05) is 0 Å². The van der Waals surface area contributed by atoms with Gasteiger partial charge < -0.3 is 4.98 Å². The summed E-state index contributed by atoms with van der Waals surface area (Å²) >= 11 is 0. The molecule has 3 aromatic carbocycles. The summed E-state index contributed by atoms with van der Waals surface area (Å²) in [6.45, 7) is 7.71. The molecule has 0 unspecified atom stereocenters. The summed E-state index contributed by atoms with van der Waals surface area (Å²) in [5.41, 5.74) is 8.33. The first-order chi connectivity index (χ1) is 17.2. The summed E-state index contributed by atoms with van der Waals surface area (Å²) in [7, 11) is 0. The van der Waals surface area contributed by atoms with E-state index in [0.29, 0.717) is 11.3 Å². The Balaban J connectivity index is 1.67. The molecule has 0 fully saturated rings. The summed E-state index contributed by atoms with van der Waals surface area (Å²) in [6.07, 6.45) is 3.53. The Kier molecular flexibility index (Phi) is 4.80. The van der Waals surface area contributed by atoms with Crippen LogP contribution in [0, 0.1) is 17.9 Å². The summed E-state index contributed by atoms with van der Waals surface area (Å²) < 4.78 is 0. The van der Waals surface area contributed by atoms with E-state index in [9.17, 15) is 5.26 Å². The number of rotatable bonds is 3. The maximum absolute atomic E-state index is 9.72. The van der Waals surface area contributed by atoms with Crippen molar-refractivity contribution >= 4 is 27.5 Å². The van der Waals surface area contributed by atoms with Crippen molar-refractivity contribution in [2.45, 2.75) is 0 Å². The van der Waals surface area contributed by atoms with Gasteiger partial charge in [0.25, 0.3) is 0 Å². The number of pyridine rings is 2. The number of hydrogen-bond acceptors (Lipinski definition) is 3. The van der Waals surface area contributed by atoms with Gasteiger partial charge >= 0.3 is 0 Å². The molecule has 3 heterocycles. The molecule has 0 saturated heterocycles. The molecule has 0 bridgehead atoms. The predicted octanol–water partition coefficient (Wildman–Crippen LogP) is 7.53. The first kappa shape index (κ1) is 20.4. The predicted molar refractivity (Wildman–Crippen MR) is 139 cm³/mol. The lowest BCUT2D eigenvalue weighted by Gasteiger charge is -2.08. The molecule has 0 aliphatic carbocycles. The molecule has 5 nitrogen and oxygen atoms in total. The molecular weight excluding hydrogens is 430 g/mol. The summed E-state index contributed by atoms with van der Waals surface area (Å²) in [5.74, 6) is 0. The van der Waals surface area contributed by atoms with Crippen LogP contribution in [0.4, 0.5) is 5.69 Å². The van der Waals surface area contributed by atoms with Gasteiger partial charge in [-0.15, -0.1) is 0 Å². The van der Waals surface area contributed by atoms with Crippen LogP contribution in [0.2, 0.25) is 0 Å². The molecular formula is C30H17N5. The number of hydrogen-bond donors (Lipinski definition) is 1. The second-order valence-corrected chi connectivity index (χ2v) is 8.22. The molecule has 0 radical (unpaired) electrons. The number of aromatic nitrogens is 3. The van der Waals surface area contributed by atoms with E-state index in [1.807, 2.05) is 78.9 Å². The lowest BCUT2D eigenvalue weighted by Crippen LogP contribution is -1.86. The lowest BCUT2D eigenvalue weighted by molar-refractivity contribution is 1.32. The summed E-state index contributed by atoms with van der Waals surface area (Å²) in [6, 6.07) is 29.6. The molecule has 6 rings (SSSR count). The van der Waals surface area contributed by atoms with Crippen molar-refractivity contribution in [1.82, 2.24) is 15.0 Å². The van der Waals surface area contributed by atoms with E-state index in [2.05, 4.69) is 31.9 Å². The zero-order valence-electron chi connectivity index (χ0n) is 18.5. The average Bonchev–Trinajstić information content (AvgIpc) is 3.31. The first-order valence-electron chi connectivity index (χ1n) is 11.1. The van der Waals surface area contributed by atoms with E-state index >= 15 is 0 Å². The van der Waals surface area contributed by atoms with Crippen LogP contribution < -0.4 is 0 Å². The summed E-state index contributed by atoms with van der Waals surface area (Å²) in [5, 5.41) is 11.5. The van der Waals surface area contributed by atoms with Crippen LogP contribution in [0.25, 0.3) is 60.3 Å². The zero-order chi connectivity index (χ0) is 23.8. The Morgan fingerprint density at radius 1 is 0.714 bits per heavy atom. The van der Waals surface area contributed by atoms with Gasteiger partial charge in [-0.3, -0.25) is 9.97 Å². The van der Waals surface area contributed by atoms with Crippen LogP contribution in [0.1, 0.15) is 5.56 Å². The van der Waals surface area contributed by atoms with E-state index in [-0.39, 0.29) is 0 Å². The largest absolute Gasteiger partial charge is 0.354 e. The Labute approximate surface area is 201 Å². The fourth-order valence-electron chi connectivity index (χ4n) is 4.55. The van der Waals surface area contributed by atoms with E-state index in [0.717, 1.165) is 55.4 Å². The second kappa shape index (κ2) is 8.26. The maximum atomic E-state index is 9.72. The molecule has 3 aromatic heterocycles. The molecule has 5 heteroatoms. The Bertz CT molecular complexity index is 1800. The Morgan fingerprint density at radius 2 is 1.43 bits per heavy atom. The maximum Gasteiger partial charge on any atom is 0.188 e. The van der Waals surface area contributed by atoms with Gasteiger partial charge in [-0.05, 0) is 71.1 Å². The van der Waals surface area contributed by atoms with Crippen LogP contribution in [0.5, 0.6) is 0 Å². The van der Waals surface area contributed by atoms with Crippen LogP contribution in [-0.4, -0.2) is 15.0 Å². The van der Waals surface area contributed by atoms with Crippen molar-refractivity contribution in [3.05, 3.63) is 114 Å². The van der Waals surface area contributed by atoms with Crippen molar-refractivity contribution in [3.8, 4) is 39.7 Å². The van der Waals surface area contributed by atoms with E-state index in [1.54, 1.807) is 12.4 Å². The van der Waals surface area contributed by atoms with Crippen LogP contribution in [-0.2, 0) is 0 Å². The average molecular weight is 448 g/mol. The van der Waals surface area contributed by atoms with E-state index < -0.39 is 0 Å². The van der Waals surface area contributed by atoms with Crippen molar-refractivity contribution in [3.63, 3.8) is 0 Å². The number of H-pyrrole nitrogens is 1. The Morgan fingerprint density at radius 3 is 2.14 bits per heavy atom. The quantitative estimate of drug-likeness (QED) is 0.285. The molecule has 0 aliphatic heterocycles. The fraction of sp³-hybridized carbons (Fsp3) is 0. The molecule has 0 spiro atoms. The smallest absolute Gasteiger partial charge is 0.188 e. The van der Waals surface area contributed by atoms with Gasteiger partial charge in [0.05, 0.1) is 40.6 Å². The van der Waals surface area contributed by atoms with Gasteiger partial charge in [0.1, 0.15) is 0 Å². The lowest BCUT2D eigenvalue weighted by atomic mass is 9.97. The minimum Gasteiger partial charge on any atom is -0.354 e. The van der Waals surface area contributed by atoms with E-state index in [1.165, 1.54) is 0 Å². The third-order valence-corrected chi connectivity index (χ3v) is 6.13. The second-order valence-electron chi connectivity index (χ2n) is 8.22. The standard InChI is InChI=1S/C30H17N5/c1-32-22-16-23(20-7-6-8-21(15-20)27-9-2-4-11-33-27)29-25(17-22)24-13-19(18-31)14-26(30(24)35-29)28-10-3-5-12-34-28/h2-17,35H. The van der Waals surface area contributed by atoms with Gasteiger partial charge in [-0.25, -0.2) is 4.85 Å². The van der Waals surface area contributed by atoms with Gasteiger partial charge in [-0.1, -0.05) is 30.3 Å². The minimum absolute atomic E-state index is 0.540. The molecule has 0 amide bonds. The van der Waals surface area contributed by atoms with Gasteiger partial charge in [0.2, 0.25) is 0 Å². The number of nitrogens with one attached hydrogen (secondary N) is 1. The number of benzene rings is 3. The molecule has 35 heavy (non-hydrogen) atoms. The highest BCUT2D eigenvalue weighted by molar-refractivity contribution is 6.16. The SMILES string of the molecule is [C-]#[N+]c1cc(-c2cccc(-c3ccccn3)c2)c2[nH]c3c(-c4ccccn4)cc(C#N)cc3c2c1. The monoisotopic (exact) mass is 447 g/mol. The van der Waals surface area contributed by atoms with Crippen molar-refractivity contribution in [2.24, 2.45) is 0 Å². The molecule has 6 aromatic rings. The highest BCUT2D eigenvalue weighted by Crippen LogP contribution is 2.40. The first-order valence-corrected chi connectivity index (χ1v) is 11.1. The van der Waals surface area contributed by atoms with Crippen molar-refractivity contribution in [1.29, 1.82) is 5.26 Å². The van der Waals surface area contributed by atoms with E-state index in [4.69, 9.17) is 6.57 Å². The molecule has 1 N–H and O–H groups in total. The number of aromatic amines is 1. The zero-order valence-corrected chi connectivity index (χ0v) is 18.5. The van der Waals surface area contributed by atoms with Gasteiger partial charge in [0.15, 0.2) is 5.69 Å². The van der Waals surface area contributed by atoms with Crippen molar-refractivity contribution < 1.29 is 0 Å². The molecule has 0 aliphatic rings. The Hall–Kier alpha value is -5.26. The summed E-state index contributed by atoms with van der Waals surface area (Å²) in [4.78, 5) is 16.4. The topological polar surface area (TPSA) is 69.7 Å². The molecule has 0 atom stereocenters.